The Labute approximate surface area is 187 Å². The molecule has 2 saturated heterocycles. The number of anilines is 1. The Kier molecular flexibility index (Phi) is 5.33. The van der Waals surface area contributed by atoms with Gasteiger partial charge in [-0.3, -0.25) is 4.79 Å². The van der Waals surface area contributed by atoms with Gasteiger partial charge in [0, 0.05) is 49.1 Å². The van der Waals surface area contributed by atoms with E-state index >= 15 is 0 Å². The number of likely N-dealkylation sites (tertiary alicyclic amines) is 1. The molecular formula is C24H29FN6O. The fraction of sp³-hybridized carbons (Fsp3) is 0.458. The smallest absolute Gasteiger partial charge is 0.254 e. The molecule has 2 aliphatic heterocycles. The molecule has 32 heavy (non-hydrogen) atoms. The van der Waals surface area contributed by atoms with E-state index in [2.05, 4.69) is 4.90 Å². The monoisotopic (exact) mass is 436 g/mol. The van der Waals surface area contributed by atoms with Crippen molar-refractivity contribution in [3.05, 3.63) is 58.7 Å². The second kappa shape index (κ2) is 8.16. The highest BCUT2D eigenvalue weighted by atomic mass is 19.1. The maximum atomic E-state index is 13.6. The Morgan fingerprint density at radius 1 is 1.12 bits per heavy atom. The third-order valence-corrected chi connectivity index (χ3v) is 6.67. The zero-order chi connectivity index (χ0) is 22.4. The average molecular weight is 437 g/mol. The molecule has 0 radical (unpaired) electrons. The minimum atomic E-state index is -0.328. The molecule has 2 aromatic heterocycles. The van der Waals surface area contributed by atoms with Crippen molar-refractivity contribution in [1.82, 2.24) is 19.5 Å². The molecule has 7 nitrogen and oxygen atoms in total. The number of fused-ring (bicyclic) bond motifs is 1. The van der Waals surface area contributed by atoms with Crippen LogP contribution in [0.5, 0.6) is 0 Å². The second-order valence-corrected chi connectivity index (χ2v) is 9.08. The molecular weight excluding hydrogens is 407 g/mol. The Bertz CT molecular complexity index is 1170. The van der Waals surface area contributed by atoms with Crippen molar-refractivity contribution < 1.29 is 9.18 Å². The van der Waals surface area contributed by atoms with E-state index in [0.717, 1.165) is 61.5 Å². The first-order valence-corrected chi connectivity index (χ1v) is 11.4. The summed E-state index contributed by atoms with van der Waals surface area (Å²) in [6, 6.07) is 6.40. The fourth-order valence-electron chi connectivity index (χ4n) is 4.99. The third-order valence-electron chi connectivity index (χ3n) is 6.67. The second-order valence-electron chi connectivity index (χ2n) is 9.08. The molecule has 1 amide bonds. The first-order chi connectivity index (χ1) is 15.4. The van der Waals surface area contributed by atoms with Crippen LogP contribution in [0.4, 0.5) is 10.2 Å². The Morgan fingerprint density at radius 3 is 2.72 bits per heavy atom. The number of aryl methyl sites for hydroxylation is 2. The van der Waals surface area contributed by atoms with Gasteiger partial charge < -0.3 is 15.5 Å². The number of amides is 1. The average Bonchev–Trinajstić information content (AvgIpc) is 3.38. The van der Waals surface area contributed by atoms with Gasteiger partial charge in [-0.15, -0.1) is 0 Å². The molecule has 2 atom stereocenters. The quantitative estimate of drug-likeness (QED) is 0.681. The highest BCUT2D eigenvalue weighted by Gasteiger charge is 2.31. The van der Waals surface area contributed by atoms with Crippen LogP contribution < -0.4 is 10.6 Å². The van der Waals surface area contributed by atoms with Crippen LogP contribution in [0, 0.1) is 19.7 Å². The molecule has 0 aliphatic carbocycles. The van der Waals surface area contributed by atoms with E-state index in [-0.39, 0.29) is 23.8 Å². The Hall–Kier alpha value is -3.00. The first-order valence-electron chi connectivity index (χ1n) is 11.4. The van der Waals surface area contributed by atoms with Crippen LogP contribution in [0.15, 0.2) is 30.5 Å². The molecule has 1 aromatic carbocycles. The van der Waals surface area contributed by atoms with E-state index in [4.69, 9.17) is 15.8 Å². The number of piperidine rings is 1. The molecule has 0 unspecified atom stereocenters. The van der Waals surface area contributed by atoms with Gasteiger partial charge in [0.2, 0.25) is 0 Å². The number of halogens is 1. The number of carbonyl (C=O) groups is 1. The summed E-state index contributed by atoms with van der Waals surface area (Å²) in [5.74, 6) is 0.557. The lowest BCUT2D eigenvalue weighted by Gasteiger charge is -2.35. The minimum Gasteiger partial charge on any atom is -0.355 e. The van der Waals surface area contributed by atoms with Crippen LogP contribution in [0.1, 0.15) is 58.9 Å². The fourth-order valence-corrected chi connectivity index (χ4v) is 4.99. The van der Waals surface area contributed by atoms with Crippen LogP contribution in [0.2, 0.25) is 0 Å². The highest BCUT2D eigenvalue weighted by Crippen LogP contribution is 2.33. The summed E-state index contributed by atoms with van der Waals surface area (Å²) in [5, 5.41) is 4.80. The van der Waals surface area contributed by atoms with Gasteiger partial charge in [-0.2, -0.15) is 5.10 Å². The lowest BCUT2D eigenvalue weighted by atomic mass is 9.97. The Morgan fingerprint density at radius 2 is 1.97 bits per heavy atom. The zero-order valence-electron chi connectivity index (χ0n) is 18.6. The van der Waals surface area contributed by atoms with Crippen molar-refractivity contribution in [2.45, 2.75) is 51.6 Å². The van der Waals surface area contributed by atoms with Crippen molar-refractivity contribution in [2.75, 3.05) is 24.5 Å². The van der Waals surface area contributed by atoms with E-state index in [0.29, 0.717) is 17.7 Å². The standard InChI is InChI=1S/C24H29FN6O/c1-15-11-17(25)6-7-19(15)24(32)30-9-4-3-5-21(30)20-12-22-27-23(16(2)13-31(22)28-20)29-10-8-18(26)14-29/h6-7,11-13,18,21H,3-5,8-10,14,26H2,1-2H3/t18-,21-/m0/s1. The third kappa shape index (κ3) is 3.72. The summed E-state index contributed by atoms with van der Waals surface area (Å²) >= 11 is 0. The van der Waals surface area contributed by atoms with Gasteiger partial charge in [0.1, 0.15) is 11.6 Å². The predicted octanol–water partition coefficient (Wildman–Crippen LogP) is 3.39. The van der Waals surface area contributed by atoms with Gasteiger partial charge in [-0.05, 0) is 63.3 Å². The molecule has 2 aliphatic rings. The molecule has 8 heteroatoms. The van der Waals surface area contributed by atoms with Crippen LogP contribution >= 0.6 is 0 Å². The molecule has 0 bridgehead atoms. The first kappa shape index (κ1) is 20.9. The van der Waals surface area contributed by atoms with E-state index < -0.39 is 0 Å². The minimum absolute atomic E-state index is 0.0693. The van der Waals surface area contributed by atoms with Crippen molar-refractivity contribution in [1.29, 1.82) is 0 Å². The molecule has 0 spiro atoms. The molecule has 2 fully saturated rings. The highest BCUT2D eigenvalue weighted by molar-refractivity contribution is 5.96. The maximum absolute atomic E-state index is 13.6. The molecule has 0 saturated carbocycles. The zero-order valence-corrected chi connectivity index (χ0v) is 18.6. The van der Waals surface area contributed by atoms with Crippen LogP contribution in [0.25, 0.3) is 5.65 Å². The number of rotatable bonds is 3. The number of hydrogen-bond acceptors (Lipinski definition) is 5. The van der Waals surface area contributed by atoms with Crippen molar-refractivity contribution >= 4 is 17.4 Å². The molecule has 4 heterocycles. The largest absolute Gasteiger partial charge is 0.355 e. The number of aromatic nitrogens is 3. The van der Waals surface area contributed by atoms with Crippen molar-refractivity contribution in [2.24, 2.45) is 5.73 Å². The summed E-state index contributed by atoms with van der Waals surface area (Å²) in [6.45, 7) is 6.21. The molecule has 168 valence electrons. The number of carbonyl (C=O) groups excluding carboxylic acids is 1. The summed E-state index contributed by atoms with van der Waals surface area (Å²) in [4.78, 5) is 22.4. The molecule has 5 rings (SSSR count). The molecule has 2 N–H and O–H groups in total. The topological polar surface area (TPSA) is 79.8 Å². The van der Waals surface area contributed by atoms with Gasteiger partial charge in [0.15, 0.2) is 5.65 Å². The predicted molar refractivity (Wildman–Crippen MR) is 121 cm³/mol. The normalized spacial score (nSPS) is 21.5. The number of benzene rings is 1. The lowest BCUT2D eigenvalue weighted by Crippen LogP contribution is -2.39. The lowest BCUT2D eigenvalue weighted by molar-refractivity contribution is 0.0605. The van der Waals surface area contributed by atoms with Crippen LogP contribution in [-0.4, -0.2) is 51.1 Å². The SMILES string of the molecule is Cc1cc(F)ccc1C(=O)N1CCCC[C@H]1c1cc2nc(N3CC[C@H](N)C3)c(C)cn2n1. The van der Waals surface area contributed by atoms with Gasteiger partial charge in [0.05, 0.1) is 11.7 Å². The summed E-state index contributed by atoms with van der Waals surface area (Å²) in [6.07, 6.45) is 5.81. The van der Waals surface area contributed by atoms with Crippen LogP contribution in [0.3, 0.4) is 0 Å². The van der Waals surface area contributed by atoms with Gasteiger partial charge in [0.25, 0.3) is 5.91 Å². The van der Waals surface area contributed by atoms with E-state index in [1.807, 2.05) is 28.6 Å². The van der Waals surface area contributed by atoms with E-state index in [1.165, 1.54) is 12.1 Å². The number of nitrogens with two attached hydrogens (primary N) is 1. The number of hydrogen-bond donors (Lipinski definition) is 1. The molecule has 3 aromatic rings. The van der Waals surface area contributed by atoms with Gasteiger partial charge in [-0.25, -0.2) is 13.9 Å². The van der Waals surface area contributed by atoms with Crippen molar-refractivity contribution in [3.63, 3.8) is 0 Å². The summed E-state index contributed by atoms with van der Waals surface area (Å²) in [7, 11) is 0. The maximum Gasteiger partial charge on any atom is 0.254 e. The van der Waals surface area contributed by atoms with Crippen molar-refractivity contribution in [3.8, 4) is 0 Å². The van der Waals surface area contributed by atoms with Crippen LogP contribution in [-0.2, 0) is 0 Å². The Balaban J connectivity index is 1.47. The number of nitrogens with zero attached hydrogens (tertiary/aromatic N) is 5. The summed E-state index contributed by atoms with van der Waals surface area (Å²) in [5.41, 5.74) is 9.97. The van der Waals surface area contributed by atoms with E-state index in [1.54, 1.807) is 13.0 Å². The van der Waals surface area contributed by atoms with Gasteiger partial charge >= 0.3 is 0 Å². The summed E-state index contributed by atoms with van der Waals surface area (Å²) < 4.78 is 15.4. The van der Waals surface area contributed by atoms with E-state index in [9.17, 15) is 9.18 Å². The van der Waals surface area contributed by atoms with Gasteiger partial charge in [-0.1, -0.05) is 0 Å².